The number of halogens is 1. The van der Waals surface area contributed by atoms with Crippen LogP contribution in [0.3, 0.4) is 0 Å². The van der Waals surface area contributed by atoms with Crippen LogP contribution in [0.4, 0.5) is 10.1 Å². The van der Waals surface area contributed by atoms with Gasteiger partial charge in [-0.15, -0.1) is 0 Å². The van der Waals surface area contributed by atoms with Gasteiger partial charge in [0.2, 0.25) is 11.8 Å². The highest BCUT2D eigenvalue weighted by molar-refractivity contribution is 6.01. The van der Waals surface area contributed by atoms with E-state index in [9.17, 15) is 19.5 Å². The highest BCUT2D eigenvalue weighted by atomic mass is 19.1. The molecule has 3 aliphatic rings. The normalized spacial score (nSPS) is 23.3. The first kappa shape index (κ1) is 26.8. The van der Waals surface area contributed by atoms with Crippen molar-refractivity contribution < 1.29 is 28.7 Å². The van der Waals surface area contributed by atoms with Crippen LogP contribution in [0.5, 0.6) is 0 Å². The van der Waals surface area contributed by atoms with Crippen LogP contribution in [0.15, 0.2) is 23.4 Å². The number of anilines is 1. The number of nitrogens with zero attached hydrogens (tertiary/aromatic N) is 4. The third-order valence-corrected chi connectivity index (χ3v) is 7.44. The van der Waals surface area contributed by atoms with Gasteiger partial charge in [-0.25, -0.2) is 4.39 Å². The molecule has 2 amide bonds. The van der Waals surface area contributed by atoms with Crippen molar-refractivity contribution in [3.05, 3.63) is 29.6 Å². The minimum absolute atomic E-state index is 0.0251. The van der Waals surface area contributed by atoms with Crippen molar-refractivity contribution in [2.45, 2.75) is 51.7 Å². The van der Waals surface area contributed by atoms with Gasteiger partial charge in [0.15, 0.2) is 0 Å². The van der Waals surface area contributed by atoms with E-state index in [1.165, 1.54) is 13.0 Å². The molecule has 0 saturated carbocycles. The monoisotopic (exact) mass is 517 g/mol. The van der Waals surface area contributed by atoms with Crippen molar-refractivity contribution in [1.82, 2.24) is 15.1 Å². The number of hydrogen-bond acceptors (Lipinski definition) is 7. The number of likely N-dealkylation sites (tertiary alicyclic amines) is 1. The number of carbonyl (C=O) groups excluding carboxylic acids is 2. The molecule has 3 atom stereocenters. The van der Waals surface area contributed by atoms with Crippen LogP contribution in [0, 0.1) is 11.7 Å². The number of rotatable bonds is 8. The van der Waals surface area contributed by atoms with E-state index in [0.717, 1.165) is 13.0 Å². The van der Waals surface area contributed by atoms with Crippen molar-refractivity contribution in [2.75, 3.05) is 50.7 Å². The van der Waals surface area contributed by atoms with E-state index in [-0.39, 0.29) is 29.8 Å². The third-order valence-electron chi connectivity index (χ3n) is 7.44. The summed E-state index contributed by atoms with van der Waals surface area (Å²) >= 11 is 0. The van der Waals surface area contributed by atoms with Gasteiger partial charge in [0.25, 0.3) is 0 Å². The van der Waals surface area contributed by atoms with E-state index in [1.807, 2.05) is 27.7 Å². The molecular formula is C26H36FN5O5. The molecule has 1 aromatic carbocycles. The molecule has 3 unspecified atom stereocenters. The van der Waals surface area contributed by atoms with Gasteiger partial charge in [-0.3, -0.25) is 19.3 Å². The second-order valence-electron chi connectivity index (χ2n) is 9.98. The van der Waals surface area contributed by atoms with Gasteiger partial charge >= 0.3 is 5.97 Å². The number of benzene rings is 1. The van der Waals surface area contributed by atoms with Crippen molar-refractivity contribution in [2.24, 2.45) is 11.1 Å². The smallest absolute Gasteiger partial charge is 0.307 e. The van der Waals surface area contributed by atoms with Crippen LogP contribution in [-0.4, -0.2) is 96.4 Å². The molecule has 0 spiro atoms. The summed E-state index contributed by atoms with van der Waals surface area (Å²) in [7, 11) is 0. The SMILES string of the molecule is CCC(C(=O)N1CCN(c2ccc(C3=NOC(CNC(C)=O)C3)cc2F)CC1)N1CCCC(C(=O)O)C1. The molecule has 0 radical (unpaired) electrons. The summed E-state index contributed by atoms with van der Waals surface area (Å²) < 4.78 is 15.1. The summed E-state index contributed by atoms with van der Waals surface area (Å²) in [5, 5.41) is 16.2. The number of amides is 2. The Bertz CT molecular complexity index is 1040. The van der Waals surface area contributed by atoms with Crippen molar-refractivity contribution in [3.63, 3.8) is 0 Å². The third kappa shape index (κ3) is 6.38. The molecule has 4 rings (SSSR count). The number of nitrogens with one attached hydrogen (secondary N) is 1. The van der Waals surface area contributed by atoms with Crippen LogP contribution in [0.1, 0.15) is 45.1 Å². The highest BCUT2D eigenvalue weighted by Gasteiger charge is 2.35. The summed E-state index contributed by atoms with van der Waals surface area (Å²) in [4.78, 5) is 47.0. The molecule has 0 bridgehead atoms. The summed E-state index contributed by atoms with van der Waals surface area (Å²) in [5.74, 6) is -1.70. The lowest BCUT2D eigenvalue weighted by atomic mass is 9.96. The van der Waals surface area contributed by atoms with E-state index in [2.05, 4.69) is 10.5 Å². The minimum Gasteiger partial charge on any atom is -0.481 e. The maximum Gasteiger partial charge on any atom is 0.307 e. The number of carbonyl (C=O) groups is 3. The first-order valence-electron chi connectivity index (χ1n) is 13.0. The minimum atomic E-state index is -0.800. The van der Waals surface area contributed by atoms with Gasteiger partial charge in [0.1, 0.15) is 11.9 Å². The van der Waals surface area contributed by atoms with Gasteiger partial charge in [-0.05, 0) is 37.9 Å². The average molecular weight is 518 g/mol. The standard InChI is InChI=1S/C26H36FN5O5/c1-3-23(32-8-4-5-19(16-32)26(35)36)25(34)31-11-9-30(10-12-31)24-7-6-18(13-21(24)27)22-14-20(37-29-22)15-28-17(2)33/h6-7,13,19-20,23H,3-5,8-12,14-16H2,1-2H3,(H,28,33)(H,35,36). The van der Waals surface area contributed by atoms with Crippen molar-refractivity contribution in [1.29, 1.82) is 0 Å². The van der Waals surface area contributed by atoms with Gasteiger partial charge in [0, 0.05) is 51.6 Å². The number of aliphatic carboxylic acids is 1. The lowest BCUT2D eigenvalue weighted by Gasteiger charge is -2.41. The Balaban J connectivity index is 1.32. The fourth-order valence-corrected chi connectivity index (χ4v) is 5.37. The zero-order chi connectivity index (χ0) is 26.5. The van der Waals surface area contributed by atoms with Crippen LogP contribution in [0.2, 0.25) is 0 Å². The number of carboxylic acid groups (broad SMARTS) is 1. The number of piperidine rings is 1. The van der Waals surface area contributed by atoms with E-state index >= 15 is 4.39 Å². The quantitative estimate of drug-likeness (QED) is 0.539. The molecule has 10 nitrogen and oxygen atoms in total. The lowest BCUT2D eigenvalue weighted by Crippen LogP contribution is -2.56. The molecule has 2 saturated heterocycles. The zero-order valence-corrected chi connectivity index (χ0v) is 21.5. The Morgan fingerprint density at radius 2 is 1.97 bits per heavy atom. The number of hydrogen-bond donors (Lipinski definition) is 2. The molecule has 37 heavy (non-hydrogen) atoms. The van der Waals surface area contributed by atoms with Gasteiger partial charge in [-0.1, -0.05) is 18.1 Å². The Hall–Kier alpha value is -3.21. The first-order valence-corrected chi connectivity index (χ1v) is 13.0. The first-order chi connectivity index (χ1) is 17.8. The molecule has 0 aliphatic carbocycles. The zero-order valence-electron chi connectivity index (χ0n) is 21.5. The van der Waals surface area contributed by atoms with Gasteiger partial charge < -0.3 is 25.1 Å². The van der Waals surface area contributed by atoms with E-state index in [0.29, 0.717) is 75.5 Å². The Morgan fingerprint density at radius 1 is 1.22 bits per heavy atom. The molecule has 0 aromatic heterocycles. The molecule has 3 aliphatic heterocycles. The van der Waals surface area contributed by atoms with Crippen LogP contribution in [0.25, 0.3) is 0 Å². The average Bonchev–Trinajstić information content (AvgIpc) is 3.37. The molecule has 3 heterocycles. The van der Waals surface area contributed by atoms with Crippen LogP contribution >= 0.6 is 0 Å². The summed E-state index contributed by atoms with van der Waals surface area (Å²) in [6, 6.07) is 4.69. The Kier molecular flexibility index (Phi) is 8.63. The van der Waals surface area contributed by atoms with E-state index < -0.39 is 11.9 Å². The fraction of sp³-hybridized carbons (Fsp3) is 0.615. The molecule has 2 N–H and O–H groups in total. The fourth-order valence-electron chi connectivity index (χ4n) is 5.37. The summed E-state index contributed by atoms with van der Waals surface area (Å²) in [6.45, 7) is 6.88. The maximum atomic E-state index is 15.1. The Morgan fingerprint density at radius 3 is 2.62 bits per heavy atom. The second kappa shape index (κ2) is 11.9. The Labute approximate surface area is 216 Å². The number of oxime groups is 1. The maximum absolute atomic E-state index is 15.1. The predicted molar refractivity (Wildman–Crippen MR) is 136 cm³/mol. The summed E-state index contributed by atoms with van der Waals surface area (Å²) in [6.07, 6.45) is 2.28. The lowest BCUT2D eigenvalue weighted by molar-refractivity contribution is -0.147. The highest BCUT2D eigenvalue weighted by Crippen LogP contribution is 2.26. The van der Waals surface area contributed by atoms with Crippen molar-refractivity contribution in [3.8, 4) is 0 Å². The number of piperazine rings is 1. The predicted octanol–water partition coefficient (Wildman–Crippen LogP) is 1.68. The van der Waals surface area contributed by atoms with Crippen LogP contribution < -0.4 is 10.2 Å². The number of carboxylic acids is 1. The molecule has 202 valence electrons. The van der Waals surface area contributed by atoms with E-state index in [1.54, 1.807) is 6.07 Å². The molecule has 11 heteroatoms. The topological polar surface area (TPSA) is 115 Å². The largest absolute Gasteiger partial charge is 0.481 e. The van der Waals surface area contributed by atoms with Crippen LogP contribution in [-0.2, 0) is 19.2 Å². The molecular weight excluding hydrogens is 481 g/mol. The summed E-state index contributed by atoms with van der Waals surface area (Å²) in [5.41, 5.74) is 1.77. The van der Waals surface area contributed by atoms with Gasteiger partial charge in [-0.2, -0.15) is 0 Å². The molecule has 1 aromatic rings. The van der Waals surface area contributed by atoms with E-state index in [4.69, 9.17) is 4.84 Å². The molecule has 2 fully saturated rings. The van der Waals surface area contributed by atoms with Gasteiger partial charge in [0.05, 0.1) is 29.9 Å². The second-order valence-corrected chi connectivity index (χ2v) is 9.98. The van der Waals surface area contributed by atoms with Crippen molar-refractivity contribution >= 4 is 29.2 Å².